The average Bonchev–Trinajstić information content (AvgIpc) is 3.69. The fourth-order valence-corrected chi connectivity index (χ4v) is 7.89. The molecule has 0 aliphatic carbocycles. The van der Waals surface area contributed by atoms with E-state index >= 15 is 0 Å². The zero-order valence-corrected chi connectivity index (χ0v) is 27.3. The third-order valence-electron chi connectivity index (χ3n) is 8.81. The summed E-state index contributed by atoms with van der Waals surface area (Å²) < 4.78 is 43.8. The number of benzene rings is 2. The van der Waals surface area contributed by atoms with Crippen LogP contribution in [0.15, 0.2) is 59.6 Å². The van der Waals surface area contributed by atoms with Gasteiger partial charge in [0.2, 0.25) is 15.9 Å². The molecule has 14 nitrogen and oxygen atoms in total. The SMILES string of the molecule is CN1CCN(c2cc(C(N)=O)c(C(=O)Nc3n[nH]c4c3CN(S(=O)(=O)c3cccc(F)c3)CC4(C)C)cc2-n2cccc2C(=O)O)CC1. The van der Waals surface area contributed by atoms with Crippen LogP contribution in [0, 0.1) is 5.82 Å². The van der Waals surface area contributed by atoms with Crippen molar-refractivity contribution in [2.45, 2.75) is 30.7 Å². The van der Waals surface area contributed by atoms with E-state index in [2.05, 4.69) is 20.4 Å². The minimum atomic E-state index is -4.13. The summed E-state index contributed by atoms with van der Waals surface area (Å²) in [6.07, 6.45) is 1.56. The Morgan fingerprint density at radius 1 is 1.02 bits per heavy atom. The fraction of sp³-hybridized carbons (Fsp3) is 0.312. The lowest BCUT2D eigenvalue weighted by Gasteiger charge is -2.37. The van der Waals surface area contributed by atoms with E-state index < -0.39 is 39.0 Å². The number of H-pyrrole nitrogens is 1. The van der Waals surface area contributed by atoms with Crippen LogP contribution in [0.5, 0.6) is 0 Å². The molecule has 252 valence electrons. The van der Waals surface area contributed by atoms with Crippen LogP contribution >= 0.6 is 0 Å². The van der Waals surface area contributed by atoms with Crippen LogP contribution in [0.3, 0.4) is 0 Å². The molecule has 2 amide bonds. The van der Waals surface area contributed by atoms with Gasteiger partial charge in [0.1, 0.15) is 11.5 Å². The number of carbonyl (C=O) groups excluding carboxylic acids is 2. The van der Waals surface area contributed by atoms with E-state index in [-0.39, 0.29) is 40.6 Å². The van der Waals surface area contributed by atoms with Gasteiger partial charge in [0.15, 0.2) is 5.82 Å². The first-order valence-corrected chi connectivity index (χ1v) is 16.6. The molecule has 1 saturated heterocycles. The van der Waals surface area contributed by atoms with Gasteiger partial charge in [0, 0.05) is 62.1 Å². The minimum Gasteiger partial charge on any atom is -0.477 e. The van der Waals surface area contributed by atoms with Crippen molar-refractivity contribution in [1.29, 1.82) is 0 Å². The number of primary amides is 1. The molecule has 2 aliphatic rings. The molecule has 2 aromatic heterocycles. The number of carbonyl (C=O) groups is 3. The predicted molar refractivity (Wildman–Crippen MR) is 175 cm³/mol. The Bertz CT molecular complexity index is 2050. The van der Waals surface area contributed by atoms with E-state index in [1.54, 1.807) is 12.3 Å². The number of amides is 2. The number of hydrogen-bond donors (Lipinski definition) is 4. The highest BCUT2D eigenvalue weighted by molar-refractivity contribution is 7.89. The number of carboxylic acid groups (broad SMARTS) is 1. The average molecular weight is 679 g/mol. The molecule has 16 heteroatoms. The van der Waals surface area contributed by atoms with Gasteiger partial charge < -0.3 is 30.5 Å². The Labute approximate surface area is 276 Å². The Kier molecular flexibility index (Phi) is 8.35. The quantitative estimate of drug-likeness (QED) is 0.217. The second-order valence-electron chi connectivity index (χ2n) is 12.6. The molecule has 1 fully saturated rings. The number of halogens is 1. The maximum absolute atomic E-state index is 14.0. The number of nitrogens with one attached hydrogen (secondary N) is 2. The van der Waals surface area contributed by atoms with Crippen LogP contribution in [0.2, 0.25) is 0 Å². The van der Waals surface area contributed by atoms with E-state index in [1.807, 2.05) is 25.8 Å². The second-order valence-corrected chi connectivity index (χ2v) is 14.5. The van der Waals surface area contributed by atoms with Gasteiger partial charge in [-0.25, -0.2) is 17.6 Å². The summed E-state index contributed by atoms with van der Waals surface area (Å²) in [6, 6.07) is 10.7. The smallest absolute Gasteiger partial charge is 0.352 e. The number of carboxylic acids is 1. The number of likely N-dealkylation sites (N-methyl/N-ethyl adjacent to an activating group) is 1. The van der Waals surface area contributed by atoms with Crippen LogP contribution < -0.4 is 16.0 Å². The van der Waals surface area contributed by atoms with Crippen molar-refractivity contribution in [1.82, 2.24) is 24.0 Å². The van der Waals surface area contributed by atoms with Crippen LogP contribution in [0.25, 0.3) is 5.69 Å². The largest absolute Gasteiger partial charge is 0.477 e. The number of aromatic carboxylic acids is 1. The van der Waals surface area contributed by atoms with Crippen molar-refractivity contribution in [2.24, 2.45) is 5.73 Å². The number of fused-ring (bicyclic) bond motifs is 1. The molecule has 0 saturated carbocycles. The standard InChI is InChI=1S/C32H35FN8O6S/c1-32(2)18-40(48(46,47)20-7-4-6-19(33)14-20)17-23-27(32)36-37-29(23)35-30(43)22-16-26(41-9-5-8-24(41)31(44)45)25(15-21(22)28(34)42)39-12-10-38(3)11-13-39/h4-9,14-16H,10-13,17-18H2,1-3H3,(H2,34,42)(H,44,45)(H2,35,36,37,43). The van der Waals surface area contributed by atoms with Gasteiger partial charge in [-0.1, -0.05) is 19.9 Å². The lowest BCUT2D eigenvalue weighted by molar-refractivity contribution is 0.0687. The number of aromatic amines is 1. The molecule has 2 aromatic carbocycles. The summed E-state index contributed by atoms with van der Waals surface area (Å²) in [5.74, 6) is -3.47. The van der Waals surface area contributed by atoms with E-state index in [0.29, 0.717) is 35.7 Å². The number of piperazine rings is 1. The number of hydrogen-bond acceptors (Lipinski definition) is 8. The molecule has 0 spiro atoms. The summed E-state index contributed by atoms with van der Waals surface area (Å²) >= 11 is 0. The van der Waals surface area contributed by atoms with Crippen LogP contribution in [-0.2, 0) is 22.0 Å². The second kappa shape index (κ2) is 12.2. The number of nitrogens with zero attached hydrogens (tertiary/aromatic N) is 5. The zero-order valence-electron chi connectivity index (χ0n) is 26.5. The van der Waals surface area contributed by atoms with Gasteiger partial charge in [-0.15, -0.1) is 0 Å². The summed E-state index contributed by atoms with van der Waals surface area (Å²) in [5.41, 5.74) is 6.64. The molecule has 4 heterocycles. The van der Waals surface area contributed by atoms with Crippen molar-refractivity contribution in [2.75, 3.05) is 50.0 Å². The van der Waals surface area contributed by atoms with E-state index in [4.69, 9.17) is 5.73 Å². The summed E-state index contributed by atoms with van der Waals surface area (Å²) in [7, 11) is -2.15. The van der Waals surface area contributed by atoms with Gasteiger partial charge in [-0.05, 0) is 49.5 Å². The van der Waals surface area contributed by atoms with Gasteiger partial charge in [0.05, 0.1) is 27.4 Å². The number of anilines is 2. The Morgan fingerprint density at radius 3 is 2.40 bits per heavy atom. The van der Waals surface area contributed by atoms with Crippen LogP contribution in [0.4, 0.5) is 15.9 Å². The number of nitrogens with two attached hydrogens (primary N) is 1. The number of rotatable bonds is 8. The normalized spacial score (nSPS) is 16.8. The Morgan fingerprint density at radius 2 is 1.73 bits per heavy atom. The highest BCUT2D eigenvalue weighted by Crippen LogP contribution is 2.38. The molecule has 6 rings (SSSR count). The van der Waals surface area contributed by atoms with Crippen molar-refractivity contribution in [3.8, 4) is 5.69 Å². The summed E-state index contributed by atoms with van der Waals surface area (Å²) in [4.78, 5) is 42.9. The van der Waals surface area contributed by atoms with Gasteiger partial charge in [-0.3, -0.25) is 14.7 Å². The van der Waals surface area contributed by atoms with E-state index in [1.165, 1.54) is 39.2 Å². The van der Waals surface area contributed by atoms with Gasteiger partial charge in [0.25, 0.3) is 5.91 Å². The molecular formula is C32H35FN8O6S. The molecule has 5 N–H and O–H groups in total. The highest BCUT2D eigenvalue weighted by Gasteiger charge is 2.41. The Hall–Kier alpha value is -5.06. The minimum absolute atomic E-state index is 0.0366. The molecule has 4 aromatic rings. The molecular weight excluding hydrogens is 643 g/mol. The number of sulfonamides is 1. The fourth-order valence-electron chi connectivity index (χ4n) is 6.28. The molecule has 0 bridgehead atoms. The summed E-state index contributed by atoms with van der Waals surface area (Å²) in [6.45, 7) is 6.12. The molecule has 48 heavy (non-hydrogen) atoms. The third kappa shape index (κ3) is 5.93. The van der Waals surface area contributed by atoms with Crippen LogP contribution in [-0.4, -0.2) is 95.0 Å². The maximum Gasteiger partial charge on any atom is 0.352 e. The van der Waals surface area contributed by atoms with E-state index in [9.17, 15) is 32.3 Å². The molecule has 0 unspecified atom stereocenters. The first-order chi connectivity index (χ1) is 22.7. The Balaban J connectivity index is 1.40. The van der Waals surface area contributed by atoms with Crippen molar-refractivity contribution < 1.29 is 32.3 Å². The molecule has 0 radical (unpaired) electrons. The maximum atomic E-state index is 14.0. The lowest BCUT2D eigenvalue weighted by Crippen LogP contribution is -2.45. The summed E-state index contributed by atoms with van der Waals surface area (Å²) in [5, 5.41) is 19.8. The monoisotopic (exact) mass is 678 g/mol. The highest BCUT2D eigenvalue weighted by atomic mass is 32.2. The lowest BCUT2D eigenvalue weighted by atomic mass is 9.84. The van der Waals surface area contributed by atoms with Crippen molar-refractivity contribution >= 4 is 39.3 Å². The van der Waals surface area contributed by atoms with Gasteiger partial charge in [-0.2, -0.15) is 9.40 Å². The van der Waals surface area contributed by atoms with Crippen molar-refractivity contribution in [3.05, 3.63) is 88.6 Å². The predicted octanol–water partition coefficient (Wildman–Crippen LogP) is 2.62. The zero-order chi connectivity index (χ0) is 34.5. The first-order valence-electron chi connectivity index (χ1n) is 15.1. The van der Waals surface area contributed by atoms with Gasteiger partial charge >= 0.3 is 5.97 Å². The van der Waals surface area contributed by atoms with Crippen LogP contribution in [0.1, 0.15) is 56.3 Å². The topological polar surface area (TPSA) is 187 Å². The molecule has 2 aliphatic heterocycles. The third-order valence-corrected chi connectivity index (χ3v) is 10.6. The van der Waals surface area contributed by atoms with Crippen molar-refractivity contribution in [3.63, 3.8) is 0 Å². The number of aromatic nitrogens is 3. The van der Waals surface area contributed by atoms with E-state index in [0.717, 1.165) is 25.2 Å². The first kappa shape index (κ1) is 32.9. The molecule has 0 atom stereocenters.